The van der Waals surface area contributed by atoms with Crippen LogP contribution in [0, 0.1) is 10.1 Å². The number of aromatic amines is 1. The van der Waals surface area contributed by atoms with Crippen LogP contribution in [0.4, 0.5) is 5.69 Å². The highest BCUT2D eigenvalue weighted by Crippen LogP contribution is 2.25. The van der Waals surface area contributed by atoms with E-state index in [1.165, 1.54) is 6.07 Å². The Balaban J connectivity index is 1.41. The van der Waals surface area contributed by atoms with E-state index in [0.29, 0.717) is 24.9 Å². The second kappa shape index (κ2) is 12.8. The van der Waals surface area contributed by atoms with Crippen LogP contribution in [0.3, 0.4) is 0 Å². The Bertz CT molecular complexity index is 1080. The Morgan fingerprint density at radius 3 is 2.62 bits per heavy atom. The molecule has 1 heterocycles. The van der Waals surface area contributed by atoms with E-state index in [1.54, 1.807) is 24.3 Å². The van der Waals surface area contributed by atoms with Crippen molar-refractivity contribution in [3.8, 4) is 0 Å². The Hall–Kier alpha value is -3.27. The molecule has 9 nitrogen and oxygen atoms in total. The molecule has 1 aromatic heterocycles. The molecule has 0 aliphatic rings. The minimum Gasteiger partial charge on any atom is -0.377 e. The summed E-state index contributed by atoms with van der Waals surface area (Å²) in [5.74, 6) is -0.0977. The first-order valence-corrected chi connectivity index (χ1v) is 11.8. The third-order valence-corrected chi connectivity index (χ3v) is 5.71. The van der Waals surface area contributed by atoms with Crippen LogP contribution in [0.15, 0.2) is 48.7 Å². The maximum Gasteiger partial charge on any atom is 0.270 e. The third kappa shape index (κ3) is 7.38. The average molecular weight is 468 g/mol. The Labute approximate surface area is 199 Å². The molecule has 0 spiro atoms. The second-order valence-corrected chi connectivity index (χ2v) is 8.32. The van der Waals surface area contributed by atoms with Crippen LogP contribution in [-0.2, 0) is 6.42 Å². The van der Waals surface area contributed by atoms with Gasteiger partial charge in [0.05, 0.1) is 4.92 Å². The number of rotatable bonds is 14. The predicted octanol–water partition coefficient (Wildman–Crippen LogP) is 3.78. The highest BCUT2D eigenvalue weighted by molar-refractivity contribution is 5.94. The van der Waals surface area contributed by atoms with Crippen molar-refractivity contribution in [1.82, 2.24) is 21.2 Å². The molecule has 0 saturated carbocycles. The summed E-state index contributed by atoms with van der Waals surface area (Å²) in [6.07, 6.45) is 6.48. The number of nitrogens with one attached hydrogen (secondary N) is 4. The molecule has 0 bridgehead atoms. The van der Waals surface area contributed by atoms with Crippen molar-refractivity contribution >= 4 is 22.5 Å². The molecule has 0 fully saturated rings. The molecule has 9 heteroatoms. The maximum atomic E-state index is 12.4. The molecule has 34 heavy (non-hydrogen) atoms. The number of carbonyl (C=O) groups excluding carboxylic acids is 1. The van der Waals surface area contributed by atoms with Crippen molar-refractivity contribution in [3.05, 3.63) is 75.5 Å². The smallest absolute Gasteiger partial charge is 0.270 e. The summed E-state index contributed by atoms with van der Waals surface area (Å²) in [5, 5.41) is 24.6. The third-order valence-electron chi connectivity index (χ3n) is 5.71. The summed E-state index contributed by atoms with van der Waals surface area (Å²) in [7, 11) is 0. The van der Waals surface area contributed by atoms with E-state index < -0.39 is 11.2 Å². The van der Waals surface area contributed by atoms with Crippen LogP contribution in [0.5, 0.6) is 0 Å². The number of amides is 1. The molecule has 1 unspecified atom stereocenters. The number of fused-ring (bicyclic) bond motifs is 1. The van der Waals surface area contributed by atoms with E-state index in [1.807, 2.05) is 25.3 Å². The Kier molecular flexibility index (Phi) is 9.57. The molecule has 182 valence electrons. The number of benzene rings is 2. The van der Waals surface area contributed by atoms with Crippen molar-refractivity contribution in [2.24, 2.45) is 0 Å². The number of non-ortho nitro benzene ring substituents is 1. The molecule has 0 aliphatic heterocycles. The van der Waals surface area contributed by atoms with Gasteiger partial charge in [-0.05, 0) is 55.0 Å². The summed E-state index contributed by atoms with van der Waals surface area (Å²) < 4.78 is 0. The molecule has 3 aromatic rings. The molecule has 0 saturated heterocycles. The summed E-state index contributed by atoms with van der Waals surface area (Å²) in [6, 6.07) is 12.2. The van der Waals surface area contributed by atoms with Crippen LogP contribution in [0.1, 0.15) is 60.5 Å². The molecular weight excluding hydrogens is 434 g/mol. The number of aromatic nitrogens is 1. The quantitative estimate of drug-likeness (QED) is 0.106. The lowest BCUT2D eigenvalue weighted by atomic mass is 10.0. The lowest BCUT2D eigenvalue weighted by Gasteiger charge is -2.12. The molecule has 0 aliphatic carbocycles. The van der Waals surface area contributed by atoms with Gasteiger partial charge in [0.1, 0.15) is 6.23 Å². The number of unbranched alkanes of at least 4 members (excludes halogenated alkanes) is 3. The average Bonchev–Trinajstić information content (AvgIpc) is 3.24. The Morgan fingerprint density at radius 1 is 1.12 bits per heavy atom. The molecule has 0 radical (unpaired) electrons. The van der Waals surface area contributed by atoms with Gasteiger partial charge in [-0.3, -0.25) is 20.3 Å². The van der Waals surface area contributed by atoms with Crippen LogP contribution >= 0.6 is 0 Å². The first-order chi connectivity index (χ1) is 16.5. The fourth-order valence-electron chi connectivity index (χ4n) is 3.83. The number of H-pyrrole nitrogens is 1. The molecule has 3 rings (SSSR count). The topological polar surface area (TPSA) is 132 Å². The van der Waals surface area contributed by atoms with Crippen LogP contribution in [0.25, 0.3) is 10.9 Å². The van der Waals surface area contributed by atoms with Gasteiger partial charge in [0.25, 0.3) is 11.6 Å². The van der Waals surface area contributed by atoms with Gasteiger partial charge in [0.2, 0.25) is 0 Å². The number of hydrazine groups is 1. The van der Waals surface area contributed by atoms with Gasteiger partial charge in [-0.15, -0.1) is 0 Å². The van der Waals surface area contributed by atoms with Gasteiger partial charge >= 0.3 is 0 Å². The normalized spacial score (nSPS) is 12.1. The van der Waals surface area contributed by atoms with Gasteiger partial charge in [-0.2, -0.15) is 0 Å². The second-order valence-electron chi connectivity index (χ2n) is 8.32. The standard InChI is InChI=1S/C25H33N5O4/c1-2-28-29-24(31)7-5-3-4-6-14-26-25(32)19-10-8-18(9-11-19)15-20-17-27-23-13-12-21(30(33)34)16-22(20)23/h8-13,16-17,24,27-29,31H,2-7,14-15H2,1H3,(H,26,32). The molecular formula is C25H33N5O4. The number of nitro benzene ring substituents is 1. The highest BCUT2D eigenvalue weighted by atomic mass is 16.6. The zero-order chi connectivity index (χ0) is 24.3. The first-order valence-electron chi connectivity index (χ1n) is 11.8. The lowest BCUT2D eigenvalue weighted by molar-refractivity contribution is -0.384. The molecule has 1 atom stereocenters. The van der Waals surface area contributed by atoms with E-state index in [0.717, 1.165) is 54.3 Å². The van der Waals surface area contributed by atoms with E-state index in [4.69, 9.17) is 0 Å². The first kappa shape index (κ1) is 25.4. The summed E-state index contributed by atoms with van der Waals surface area (Å²) >= 11 is 0. The Morgan fingerprint density at radius 2 is 1.88 bits per heavy atom. The van der Waals surface area contributed by atoms with Crippen LogP contribution in [-0.4, -0.2) is 40.2 Å². The van der Waals surface area contributed by atoms with Crippen molar-refractivity contribution in [3.63, 3.8) is 0 Å². The monoisotopic (exact) mass is 467 g/mol. The van der Waals surface area contributed by atoms with Gasteiger partial charge < -0.3 is 15.4 Å². The lowest BCUT2D eigenvalue weighted by Crippen LogP contribution is -2.40. The fraction of sp³-hybridized carbons (Fsp3) is 0.400. The van der Waals surface area contributed by atoms with Gasteiger partial charge in [-0.25, -0.2) is 5.43 Å². The molecule has 5 N–H and O–H groups in total. The van der Waals surface area contributed by atoms with Crippen molar-refractivity contribution in [2.75, 3.05) is 13.1 Å². The van der Waals surface area contributed by atoms with Crippen molar-refractivity contribution in [2.45, 2.75) is 51.7 Å². The summed E-state index contributed by atoms with van der Waals surface area (Å²) in [6.45, 7) is 3.34. The number of aliphatic hydroxyl groups excluding tert-OH is 1. The van der Waals surface area contributed by atoms with Gasteiger partial charge in [0.15, 0.2) is 0 Å². The van der Waals surface area contributed by atoms with Gasteiger partial charge in [0, 0.05) is 47.9 Å². The molecule has 2 aromatic carbocycles. The highest BCUT2D eigenvalue weighted by Gasteiger charge is 2.11. The summed E-state index contributed by atoms with van der Waals surface area (Å²) in [5.41, 5.74) is 9.24. The zero-order valence-electron chi connectivity index (χ0n) is 19.5. The maximum absolute atomic E-state index is 12.4. The van der Waals surface area contributed by atoms with E-state index in [-0.39, 0.29) is 11.6 Å². The van der Waals surface area contributed by atoms with Crippen molar-refractivity contribution < 1.29 is 14.8 Å². The largest absolute Gasteiger partial charge is 0.377 e. The number of carbonyl (C=O) groups is 1. The summed E-state index contributed by atoms with van der Waals surface area (Å²) in [4.78, 5) is 26.2. The van der Waals surface area contributed by atoms with E-state index >= 15 is 0 Å². The number of hydrogen-bond acceptors (Lipinski definition) is 6. The van der Waals surface area contributed by atoms with Crippen molar-refractivity contribution in [1.29, 1.82) is 0 Å². The number of aliphatic hydroxyl groups is 1. The van der Waals surface area contributed by atoms with Gasteiger partial charge in [-0.1, -0.05) is 31.9 Å². The number of nitrogens with zero attached hydrogens (tertiary/aromatic N) is 1. The zero-order valence-corrected chi connectivity index (χ0v) is 19.5. The number of hydrogen-bond donors (Lipinski definition) is 5. The minimum atomic E-state index is -0.530. The van der Waals surface area contributed by atoms with E-state index in [9.17, 15) is 20.0 Å². The van der Waals surface area contributed by atoms with E-state index in [2.05, 4.69) is 21.2 Å². The number of nitro groups is 1. The van der Waals surface area contributed by atoms with Crippen LogP contribution in [0.2, 0.25) is 0 Å². The fourth-order valence-corrected chi connectivity index (χ4v) is 3.83. The van der Waals surface area contributed by atoms with Crippen LogP contribution < -0.4 is 16.2 Å². The SMILES string of the molecule is CCNNC(O)CCCCCCNC(=O)c1ccc(Cc2c[nH]c3ccc([N+](=O)[O-])cc23)cc1. The molecule has 1 amide bonds. The minimum absolute atomic E-state index is 0.0687. The predicted molar refractivity (Wildman–Crippen MR) is 132 cm³/mol.